The van der Waals surface area contributed by atoms with E-state index in [1.807, 2.05) is 0 Å². The van der Waals surface area contributed by atoms with Crippen molar-refractivity contribution in [3.63, 3.8) is 0 Å². The normalized spacial score (nSPS) is 22.6. The van der Waals surface area contributed by atoms with Gasteiger partial charge >= 0.3 is 0 Å². The van der Waals surface area contributed by atoms with Gasteiger partial charge in [-0.2, -0.15) is 0 Å². The van der Waals surface area contributed by atoms with E-state index >= 15 is 0 Å². The number of hydrogen-bond acceptors (Lipinski definition) is 8. The van der Waals surface area contributed by atoms with Crippen molar-refractivity contribution in [2.75, 3.05) is 11.4 Å². The zero-order chi connectivity index (χ0) is 27.4. The SMILES string of the molecule is Cl.Cl.NNC(=O)CCC(c1ccc(N2C(=O)C=CC2=O)cc1)C1CC(CN2C(=O)C=CC2=O)CCC1C(=O)NN. The summed E-state index contributed by atoms with van der Waals surface area (Å²) in [5.74, 6) is 7.44. The van der Waals surface area contributed by atoms with E-state index in [4.69, 9.17) is 11.7 Å². The van der Waals surface area contributed by atoms with E-state index in [1.165, 1.54) is 29.2 Å². The molecule has 0 radical (unpaired) electrons. The third kappa shape index (κ3) is 6.94. The maximum atomic E-state index is 12.8. The van der Waals surface area contributed by atoms with E-state index < -0.39 is 17.7 Å². The molecule has 216 valence electrons. The van der Waals surface area contributed by atoms with Crippen molar-refractivity contribution in [2.45, 2.75) is 38.0 Å². The largest absolute Gasteiger partial charge is 0.294 e. The summed E-state index contributed by atoms with van der Waals surface area (Å²) >= 11 is 0. The van der Waals surface area contributed by atoms with Crippen LogP contribution in [0.5, 0.6) is 0 Å². The highest BCUT2D eigenvalue weighted by Gasteiger charge is 2.41. The van der Waals surface area contributed by atoms with Gasteiger partial charge in [-0.15, -0.1) is 24.8 Å². The number of halogens is 2. The second kappa shape index (κ2) is 14.2. The van der Waals surface area contributed by atoms with E-state index in [-0.39, 0.29) is 79.2 Å². The lowest BCUT2D eigenvalue weighted by Gasteiger charge is -2.40. The first-order valence-corrected chi connectivity index (χ1v) is 12.4. The smallest absolute Gasteiger partial charge is 0.258 e. The third-order valence-corrected chi connectivity index (χ3v) is 7.58. The van der Waals surface area contributed by atoms with Crippen molar-refractivity contribution in [1.82, 2.24) is 15.8 Å². The van der Waals surface area contributed by atoms with E-state index in [2.05, 4.69) is 10.9 Å². The predicted octanol–water partition coefficient (Wildman–Crippen LogP) is 0.761. The number of nitrogens with one attached hydrogen (secondary N) is 2. The number of carbonyl (C=O) groups is 6. The van der Waals surface area contributed by atoms with Crippen LogP contribution in [0.4, 0.5) is 5.69 Å². The number of anilines is 1. The molecule has 14 heteroatoms. The fourth-order valence-electron chi connectivity index (χ4n) is 5.72. The highest BCUT2D eigenvalue weighted by molar-refractivity contribution is 6.28. The molecular weight excluding hydrogens is 563 g/mol. The number of carbonyl (C=O) groups excluding carboxylic acids is 6. The maximum Gasteiger partial charge on any atom is 0.258 e. The summed E-state index contributed by atoms with van der Waals surface area (Å²) < 4.78 is 0. The van der Waals surface area contributed by atoms with Crippen molar-refractivity contribution in [3.05, 3.63) is 54.1 Å². The summed E-state index contributed by atoms with van der Waals surface area (Å²) in [5, 5.41) is 0. The number of hydrazine groups is 2. The molecule has 0 saturated heterocycles. The van der Waals surface area contributed by atoms with Gasteiger partial charge in [-0.1, -0.05) is 12.1 Å². The van der Waals surface area contributed by atoms with Crippen molar-refractivity contribution in [1.29, 1.82) is 0 Å². The zero-order valence-corrected chi connectivity index (χ0v) is 23.1. The fourth-order valence-corrected chi connectivity index (χ4v) is 5.72. The minimum Gasteiger partial charge on any atom is -0.294 e. The molecule has 0 spiro atoms. The van der Waals surface area contributed by atoms with Gasteiger partial charge in [0.15, 0.2) is 0 Å². The summed E-state index contributed by atoms with van der Waals surface area (Å²) in [7, 11) is 0. The lowest BCUT2D eigenvalue weighted by Crippen LogP contribution is -2.45. The van der Waals surface area contributed by atoms with Crippen LogP contribution in [0.15, 0.2) is 48.6 Å². The van der Waals surface area contributed by atoms with Crippen LogP contribution >= 0.6 is 24.8 Å². The molecule has 1 aromatic carbocycles. The Balaban J connectivity index is 0.00000280. The van der Waals surface area contributed by atoms with Crippen LogP contribution in [0.2, 0.25) is 0 Å². The first kappa shape index (κ1) is 32.6. The predicted molar refractivity (Wildman–Crippen MR) is 149 cm³/mol. The van der Waals surface area contributed by atoms with Gasteiger partial charge in [-0.3, -0.25) is 44.5 Å². The van der Waals surface area contributed by atoms with Crippen molar-refractivity contribution >= 4 is 65.9 Å². The Kier molecular flexibility index (Phi) is 11.6. The summed E-state index contributed by atoms with van der Waals surface area (Å²) in [5.41, 5.74) is 5.59. The molecule has 3 aliphatic rings. The van der Waals surface area contributed by atoms with E-state index in [0.717, 1.165) is 10.5 Å². The number of amides is 6. The van der Waals surface area contributed by atoms with Gasteiger partial charge in [0, 0.05) is 43.2 Å². The van der Waals surface area contributed by atoms with Crippen molar-refractivity contribution < 1.29 is 28.8 Å². The molecule has 6 N–H and O–H groups in total. The molecular formula is C26H32Cl2N6O6. The van der Waals surface area contributed by atoms with Crippen LogP contribution in [0.1, 0.15) is 43.6 Å². The van der Waals surface area contributed by atoms with Crippen LogP contribution < -0.4 is 27.4 Å². The first-order chi connectivity index (χ1) is 18.2. The van der Waals surface area contributed by atoms with Gasteiger partial charge in [-0.05, 0) is 61.1 Å². The molecule has 1 aromatic rings. The fraction of sp³-hybridized carbons (Fsp3) is 0.385. The van der Waals surface area contributed by atoms with Crippen LogP contribution in [0.25, 0.3) is 0 Å². The van der Waals surface area contributed by atoms with E-state index in [9.17, 15) is 28.8 Å². The topological polar surface area (TPSA) is 185 Å². The number of benzene rings is 1. The lowest BCUT2D eigenvalue weighted by molar-refractivity contribution is -0.139. The molecule has 0 bridgehead atoms. The Morgan fingerprint density at radius 1 is 0.850 bits per heavy atom. The molecule has 4 rings (SSSR count). The molecule has 6 amide bonds. The van der Waals surface area contributed by atoms with Gasteiger partial charge < -0.3 is 0 Å². The molecule has 40 heavy (non-hydrogen) atoms. The highest BCUT2D eigenvalue weighted by Crippen LogP contribution is 2.45. The standard InChI is InChI=1S/C26H30N6O6.2ClH/c27-29-21(33)8-7-18(16-2-4-17(5-3-16)32-24(36)11-12-25(32)37)20-13-15(1-6-19(20)26(38)30-28)14-31-22(34)9-10-23(31)35;;/h2-5,9-12,15,18-20H,1,6-8,13-14,27-28H2,(H,29,33)(H,30,38);2*1H. The molecule has 1 fully saturated rings. The Labute approximate surface area is 243 Å². The summed E-state index contributed by atoms with van der Waals surface area (Å²) in [6.07, 6.45) is 6.97. The van der Waals surface area contributed by atoms with Crippen LogP contribution in [-0.2, 0) is 28.8 Å². The number of hydrogen-bond donors (Lipinski definition) is 4. The van der Waals surface area contributed by atoms with E-state index in [0.29, 0.717) is 31.4 Å². The molecule has 1 saturated carbocycles. The second-order valence-electron chi connectivity index (χ2n) is 9.73. The Morgan fingerprint density at radius 2 is 1.43 bits per heavy atom. The molecule has 12 nitrogen and oxygen atoms in total. The minimum absolute atomic E-state index is 0. The number of rotatable bonds is 9. The summed E-state index contributed by atoms with van der Waals surface area (Å²) in [4.78, 5) is 75.6. The van der Waals surface area contributed by atoms with E-state index in [1.54, 1.807) is 24.3 Å². The Morgan fingerprint density at radius 3 is 1.98 bits per heavy atom. The second-order valence-corrected chi connectivity index (χ2v) is 9.73. The Bertz CT molecular complexity index is 1180. The quantitative estimate of drug-likeness (QED) is 0.140. The zero-order valence-electron chi connectivity index (χ0n) is 21.5. The maximum absolute atomic E-state index is 12.8. The minimum atomic E-state index is -0.462. The van der Waals surface area contributed by atoms with Gasteiger partial charge in [0.25, 0.3) is 23.6 Å². The molecule has 2 aliphatic heterocycles. The molecule has 2 heterocycles. The molecule has 0 aromatic heterocycles. The van der Waals surface area contributed by atoms with Crippen LogP contribution in [0.3, 0.4) is 0 Å². The summed E-state index contributed by atoms with van der Waals surface area (Å²) in [6, 6.07) is 6.86. The number of nitrogens with zero attached hydrogens (tertiary/aromatic N) is 2. The average Bonchev–Trinajstić information content (AvgIpc) is 3.43. The van der Waals surface area contributed by atoms with Gasteiger partial charge in [-0.25, -0.2) is 16.6 Å². The van der Waals surface area contributed by atoms with Gasteiger partial charge in [0.05, 0.1) is 5.69 Å². The molecule has 4 unspecified atom stereocenters. The molecule has 1 aliphatic carbocycles. The molecule has 4 atom stereocenters. The van der Waals surface area contributed by atoms with Crippen molar-refractivity contribution in [3.8, 4) is 0 Å². The summed E-state index contributed by atoms with van der Waals surface area (Å²) in [6.45, 7) is 0.235. The van der Waals surface area contributed by atoms with Crippen LogP contribution in [-0.4, -0.2) is 46.9 Å². The van der Waals surface area contributed by atoms with Gasteiger partial charge in [0.2, 0.25) is 11.8 Å². The average molecular weight is 595 g/mol. The van der Waals surface area contributed by atoms with Crippen LogP contribution in [0, 0.1) is 17.8 Å². The number of imide groups is 2. The Hall–Kier alpha value is -3.58. The van der Waals surface area contributed by atoms with Gasteiger partial charge in [0.1, 0.15) is 0 Å². The monoisotopic (exact) mass is 594 g/mol. The highest BCUT2D eigenvalue weighted by atomic mass is 35.5. The first-order valence-electron chi connectivity index (χ1n) is 12.4. The lowest BCUT2D eigenvalue weighted by atomic mass is 9.65. The van der Waals surface area contributed by atoms with Crippen molar-refractivity contribution in [2.24, 2.45) is 29.4 Å². The third-order valence-electron chi connectivity index (χ3n) is 7.58. The number of nitrogens with two attached hydrogens (primary N) is 2.